The third-order valence-electron chi connectivity index (χ3n) is 3.36. The van der Waals surface area contributed by atoms with E-state index in [4.69, 9.17) is 0 Å². The van der Waals surface area contributed by atoms with Crippen LogP contribution in [0, 0.1) is 0 Å². The van der Waals surface area contributed by atoms with E-state index < -0.39 is 6.04 Å². The lowest BCUT2D eigenvalue weighted by Gasteiger charge is -2.15. The molecule has 2 rings (SSSR count). The van der Waals surface area contributed by atoms with E-state index in [0.717, 1.165) is 9.93 Å². The topological polar surface area (TPSA) is 82.6 Å². The number of hydrogen-bond acceptors (Lipinski definition) is 5. The average Bonchev–Trinajstić information content (AvgIpc) is 2.70. The van der Waals surface area contributed by atoms with E-state index in [-0.39, 0.29) is 24.3 Å². The number of aromatic nitrogens is 1. The highest BCUT2D eigenvalue weighted by Gasteiger charge is 2.41. The van der Waals surface area contributed by atoms with Crippen molar-refractivity contribution in [2.75, 3.05) is 26.4 Å². The zero-order valence-electron chi connectivity index (χ0n) is 12.5. The van der Waals surface area contributed by atoms with E-state index in [1.807, 2.05) is 18.2 Å². The third-order valence-corrected chi connectivity index (χ3v) is 4.31. The van der Waals surface area contributed by atoms with E-state index in [1.54, 1.807) is 18.0 Å². The van der Waals surface area contributed by atoms with Crippen molar-refractivity contribution in [3.05, 3.63) is 24.4 Å². The fraction of sp³-hybridized carbons (Fsp3) is 0.429. The summed E-state index contributed by atoms with van der Waals surface area (Å²) in [5, 5.41) is 3.65. The predicted molar refractivity (Wildman–Crippen MR) is 82.3 cm³/mol. The quantitative estimate of drug-likeness (QED) is 0.470. The van der Waals surface area contributed by atoms with Crippen molar-refractivity contribution < 1.29 is 14.4 Å². The number of nitrogens with one attached hydrogen (secondary N) is 1. The van der Waals surface area contributed by atoms with Gasteiger partial charge in [0.05, 0.1) is 11.4 Å². The molecule has 1 unspecified atom stereocenters. The Morgan fingerprint density at radius 3 is 2.73 bits per heavy atom. The van der Waals surface area contributed by atoms with Gasteiger partial charge in [-0.25, -0.2) is 9.78 Å². The maximum atomic E-state index is 11.9. The number of nitrogens with zero attached hydrogens (tertiary/aromatic N) is 3. The van der Waals surface area contributed by atoms with Crippen LogP contribution < -0.4 is 5.32 Å². The number of thioether (sulfide) groups is 1. The zero-order chi connectivity index (χ0) is 16.1. The molecular weight excluding hydrogens is 304 g/mol. The molecule has 1 aromatic rings. The number of likely N-dealkylation sites (N-methyl/N-ethyl adjacent to an activating group) is 2. The Kier molecular flexibility index (Phi) is 5.37. The van der Waals surface area contributed by atoms with Gasteiger partial charge in [-0.1, -0.05) is 6.07 Å². The van der Waals surface area contributed by atoms with Gasteiger partial charge in [-0.05, 0) is 12.1 Å². The number of hydrogen-bond donors (Lipinski definition) is 1. The highest BCUT2D eigenvalue weighted by atomic mass is 32.2. The van der Waals surface area contributed by atoms with Gasteiger partial charge in [0.2, 0.25) is 5.91 Å². The van der Waals surface area contributed by atoms with Crippen molar-refractivity contribution in [2.24, 2.45) is 0 Å². The van der Waals surface area contributed by atoms with Crippen LogP contribution in [0.2, 0.25) is 0 Å². The van der Waals surface area contributed by atoms with E-state index in [1.165, 1.54) is 19.0 Å². The van der Waals surface area contributed by atoms with Crippen molar-refractivity contribution in [1.82, 2.24) is 20.1 Å². The Labute approximate surface area is 133 Å². The molecule has 22 heavy (non-hydrogen) atoms. The molecule has 8 heteroatoms. The maximum Gasteiger partial charge on any atom is 0.326 e. The van der Waals surface area contributed by atoms with Crippen LogP contribution in [0.1, 0.15) is 6.42 Å². The van der Waals surface area contributed by atoms with Crippen molar-refractivity contribution in [3.8, 4) is 0 Å². The summed E-state index contributed by atoms with van der Waals surface area (Å²) in [6.45, 7) is 0.481. The molecule has 1 atom stereocenters. The summed E-state index contributed by atoms with van der Waals surface area (Å²) in [7, 11) is 2.95. The van der Waals surface area contributed by atoms with Crippen LogP contribution in [0.3, 0.4) is 0 Å². The number of imide groups is 1. The second-order valence-corrected chi connectivity index (χ2v) is 5.99. The normalized spacial score (nSPS) is 18.0. The van der Waals surface area contributed by atoms with Gasteiger partial charge < -0.3 is 10.2 Å². The van der Waals surface area contributed by atoms with Crippen molar-refractivity contribution in [3.63, 3.8) is 0 Å². The van der Waals surface area contributed by atoms with Crippen LogP contribution in [0.25, 0.3) is 0 Å². The highest BCUT2D eigenvalue weighted by molar-refractivity contribution is 7.99. The summed E-state index contributed by atoms with van der Waals surface area (Å²) in [4.78, 5) is 41.8. The van der Waals surface area contributed by atoms with Crippen LogP contribution >= 0.6 is 11.8 Å². The van der Waals surface area contributed by atoms with Crippen LogP contribution in [-0.2, 0) is 9.59 Å². The molecule has 118 valence electrons. The minimum atomic E-state index is -0.707. The molecule has 7 nitrogen and oxygen atoms in total. The summed E-state index contributed by atoms with van der Waals surface area (Å²) in [6, 6.07) is 4.57. The third kappa shape index (κ3) is 3.76. The Morgan fingerprint density at radius 1 is 1.36 bits per heavy atom. The monoisotopic (exact) mass is 322 g/mol. The van der Waals surface area contributed by atoms with Gasteiger partial charge >= 0.3 is 6.03 Å². The number of urea groups is 1. The second kappa shape index (κ2) is 7.26. The molecule has 1 N–H and O–H groups in total. The summed E-state index contributed by atoms with van der Waals surface area (Å²) in [5.41, 5.74) is 0. The molecule has 0 aromatic carbocycles. The van der Waals surface area contributed by atoms with Crippen molar-refractivity contribution >= 4 is 29.6 Å². The Morgan fingerprint density at radius 2 is 2.14 bits per heavy atom. The smallest absolute Gasteiger partial charge is 0.326 e. The fourth-order valence-corrected chi connectivity index (χ4v) is 2.83. The maximum absolute atomic E-state index is 11.9. The summed E-state index contributed by atoms with van der Waals surface area (Å²) in [6.07, 6.45) is 1.70. The van der Waals surface area contributed by atoms with Gasteiger partial charge in [0.1, 0.15) is 6.04 Å². The molecule has 4 amide bonds. The van der Waals surface area contributed by atoms with Gasteiger partial charge in [0.25, 0.3) is 5.91 Å². The summed E-state index contributed by atoms with van der Waals surface area (Å²) in [5.74, 6) is 0.108. The fourth-order valence-electron chi connectivity index (χ4n) is 2.10. The lowest BCUT2D eigenvalue weighted by Crippen LogP contribution is -2.38. The SMILES string of the molecule is CN1C(=O)C(CC(=O)NCCSc2ccccn2)N(C)C1=O. The molecular formula is C14H18N4O3S. The van der Waals surface area contributed by atoms with Crippen LogP contribution in [0.15, 0.2) is 29.4 Å². The number of carbonyl (C=O) groups excluding carboxylic acids is 3. The van der Waals surface area contributed by atoms with E-state index in [2.05, 4.69) is 10.3 Å². The van der Waals surface area contributed by atoms with Crippen molar-refractivity contribution in [1.29, 1.82) is 0 Å². The highest BCUT2D eigenvalue weighted by Crippen LogP contribution is 2.16. The average molecular weight is 322 g/mol. The number of carbonyl (C=O) groups is 3. The van der Waals surface area contributed by atoms with Gasteiger partial charge in [0, 0.05) is 32.6 Å². The lowest BCUT2D eigenvalue weighted by molar-refractivity contribution is -0.131. The minimum absolute atomic E-state index is 0.0142. The van der Waals surface area contributed by atoms with E-state index >= 15 is 0 Å². The lowest BCUT2D eigenvalue weighted by atomic mass is 10.2. The van der Waals surface area contributed by atoms with Gasteiger partial charge in [0.15, 0.2) is 0 Å². The molecule has 2 heterocycles. The van der Waals surface area contributed by atoms with Crippen LogP contribution in [-0.4, -0.2) is 65.1 Å². The Bertz CT molecular complexity index is 566. The van der Waals surface area contributed by atoms with Crippen LogP contribution in [0.5, 0.6) is 0 Å². The zero-order valence-corrected chi connectivity index (χ0v) is 13.3. The van der Waals surface area contributed by atoms with Crippen LogP contribution in [0.4, 0.5) is 4.79 Å². The first-order chi connectivity index (χ1) is 10.5. The Balaban J connectivity index is 1.72. The summed E-state index contributed by atoms with van der Waals surface area (Å²) >= 11 is 1.54. The molecule has 0 spiro atoms. The predicted octanol–water partition coefficient (Wildman–Crippen LogP) is 0.572. The molecule has 0 radical (unpaired) electrons. The van der Waals surface area contributed by atoms with Crippen molar-refractivity contribution in [2.45, 2.75) is 17.5 Å². The largest absolute Gasteiger partial charge is 0.355 e. The number of pyridine rings is 1. The molecule has 1 saturated heterocycles. The Hall–Kier alpha value is -2.09. The van der Waals surface area contributed by atoms with Gasteiger partial charge in [-0.2, -0.15) is 0 Å². The summed E-state index contributed by atoms with van der Waals surface area (Å²) < 4.78 is 0. The first kappa shape index (κ1) is 16.3. The first-order valence-corrected chi connectivity index (χ1v) is 7.84. The number of amides is 4. The van der Waals surface area contributed by atoms with E-state index in [9.17, 15) is 14.4 Å². The molecule has 0 aliphatic carbocycles. The second-order valence-electron chi connectivity index (χ2n) is 4.88. The molecule has 0 bridgehead atoms. The minimum Gasteiger partial charge on any atom is -0.355 e. The van der Waals surface area contributed by atoms with Gasteiger partial charge in [-0.3, -0.25) is 14.5 Å². The van der Waals surface area contributed by atoms with Gasteiger partial charge in [-0.15, -0.1) is 11.8 Å². The molecule has 1 fully saturated rings. The van der Waals surface area contributed by atoms with E-state index in [0.29, 0.717) is 12.3 Å². The number of rotatable bonds is 6. The standard InChI is InChI=1S/C14H18N4O3S/c1-17-10(13(20)18(2)14(17)21)9-11(19)15-7-8-22-12-5-3-4-6-16-12/h3-6,10H,7-9H2,1-2H3,(H,15,19). The molecule has 1 aliphatic rings. The molecule has 0 saturated carbocycles. The molecule has 1 aliphatic heterocycles. The first-order valence-electron chi connectivity index (χ1n) is 6.85. The molecule has 1 aromatic heterocycles.